The fourth-order valence-corrected chi connectivity index (χ4v) is 4.58. The molecule has 4 rings (SSSR count). The Balaban J connectivity index is 1.78. The van der Waals surface area contributed by atoms with Crippen LogP contribution in [0, 0.1) is 6.92 Å². The van der Waals surface area contributed by atoms with Crippen LogP contribution in [0.25, 0.3) is 5.76 Å². The maximum atomic E-state index is 13.1. The number of aryl methyl sites for hydroxylation is 1. The molecule has 0 radical (unpaired) electrons. The number of ether oxygens (including phenoxy) is 1. The summed E-state index contributed by atoms with van der Waals surface area (Å²) in [6.07, 6.45) is 1.56. The third-order valence-electron chi connectivity index (χ3n) is 6.07. The van der Waals surface area contributed by atoms with Gasteiger partial charge in [-0.3, -0.25) is 9.59 Å². The number of aliphatic hydroxyl groups excluding tert-OH is 1. The molecule has 1 amide bonds. The summed E-state index contributed by atoms with van der Waals surface area (Å²) in [5.41, 5.74) is 3.54. The number of amides is 1. The summed E-state index contributed by atoms with van der Waals surface area (Å²) in [4.78, 5) is 29.8. The molecular formula is C26H30N2O4. The van der Waals surface area contributed by atoms with Gasteiger partial charge in [0.15, 0.2) is 0 Å². The number of carbonyl (C=O) groups excluding carboxylic acids is 2. The molecule has 168 valence electrons. The largest absolute Gasteiger partial charge is 0.507 e. The predicted molar refractivity (Wildman–Crippen MR) is 124 cm³/mol. The lowest BCUT2D eigenvalue weighted by Crippen LogP contribution is -2.32. The minimum absolute atomic E-state index is 0.0805. The highest BCUT2D eigenvalue weighted by molar-refractivity contribution is 6.46. The van der Waals surface area contributed by atoms with E-state index in [1.165, 1.54) is 0 Å². The first-order valence-electron chi connectivity index (χ1n) is 11.1. The molecule has 0 bridgehead atoms. The zero-order valence-electron chi connectivity index (χ0n) is 19.1. The normalized spacial score (nSPS) is 21.8. The Labute approximate surface area is 189 Å². The number of hydrogen-bond donors (Lipinski definition) is 1. The van der Waals surface area contributed by atoms with Crippen molar-refractivity contribution in [3.8, 4) is 5.75 Å². The van der Waals surface area contributed by atoms with Gasteiger partial charge in [-0.2, -0.15) is 0 Å². The molecule has 2 aliphatic heterocycles. The average Bonchev–Trinajstić information content (AvgIpc) is 3.24. The number of benzene rings is 2. The van der Waals surface area contributed by atoms with Gasteiger partial charge in [-0.1, -0.05) is 29.8 Å². The predicted octanol–water partition coefficient (Wildman–Crippen LogP) is 3.69. The number of rotatable bonds is 6. The van der Waals surface area contributed by atoms with Crippen LogP contribution in [0.2, 0.25) is 0 Å². The van der Waals surface area contributed by atoms with Gasteiger partial charge >= 0.3 is 0 Å². The van der Waals surface area contributed by atoms with Gasteiger partial charge in [0.05, 0.1) is 11.6 Å². The molecule has 1 N–H and O–H groups in total. The lowest BCUT2D eigenvalue weighted by atomic mass is 9.93. The van der Waals surface area contributed by atoms with Gasteiger partial charge in [0.25, 0.3) is 11.7 Å². The Hall–Kier alpha value is -3.12. The fraction of sp³-hybridized carbons (Fsp3) is 0.385. The summed E-state index contributed by atoms with van der Waals surface area (Å²) in [6.45, 7) is 5.21. The van der Waals surface area contributed by atoms with E-state index in [1.54, 1.807) is 11.0 Å². The van der Waals surface area contributed by atoms with E-state index in [4.69, 9.17) is 4.74 Å². The molecule has 0 aliphatic carbocycles. The van der Waals surface area contributed by atoms with Crippen LogP contribution >= 0.6 is 0 Å². The lowest BCUT2D eigenvalue weighted by molar-refractivity contribution is -0.139. The molecule has 2 aliphatic rings. The van der Waals surface area contributed by atoms with Crippen LogP contribution in [0.5, 0.6) is 5.75 Å². The van der Waals surface area contributed by atoms with Gasteiger partial charge in [0.1, 0.15) is 17.6 Å². The number of ketones is 1. The second-order valence-corrected chi connectivity index (χ2v) is 9.02. The Morgan fingerprint density at radius 2 is 1.97 bits per heavy atom. The molecule has 1 saturated heterocycles. The van der Waals surface area contributed by atoms with E-state index in [0.717, 1.165) is 41.8 Å². The van der Waals surface area contributed by atoms with Crippen molar-refractivity contribution in [3.05, 3.63) is 70.3 Å². The SMILES string of the molecule is Cc1cccc(C2/C(=C(/O)c3ccc4c(c3)CC(C)O4)C(=O)C(=O)N2CCCN(C)C)c1. The van der Waals surface area contributed by atoms with Crippen LogP contribution in [-0.4, -0.2) is 59.9 Å². The van der Waals surface area contributed by atoms with Crippen molar-refractivity contribution in [2.45, 2.75) is 38.8 Å². The minimum atomic E-state index is -0.635. The van der Waals surface area contributed by atoms with E-state index in [0.29, 0.717) is 12.1 Å². The standard InChI is InChI=1S/C26H30N2O4/c1-16-7-5-8-18(13-16)23-22(25(30)26(31)28(23)12-6-11-27(3)4)24(29)19-9-10-21-20(15-19)14-17(2)32-21/h5,7-10,13,15,17,23,29H,6,11-12,14H2,1-4H3/b24-22-. The minimum Gasteiger partial charge on any atom is -0.507 e. The first kappa shape index (κ1) is 22.1. The topological polar surface area (TPSA) is 70.1 Å². The highest BCUT2D eigenvalue weighted by Crippen LogP contribution is 2.40. The van der Waals surface area contributed by atoms with E-state index in [-0.39, 0.29) is 17.4 Å². The summed E-state index contributed by atoms with van der Waals surface area (Å²) in [7, 11) is 3.95. The number of hydrogen-bond acceptors (Lipinski definition) is 5. The summed E-state index contributed by atoms with van der Waals surface area (Å²) in [5.74, 6) is -0.528. The van der Waals surface area contributed by atoms with E-state index >= 15 is 0 Å². The van der Waals surface area contributed by atoms with Crippen molar-refractivity contribution >= 4 is 17.4 Å². The lowest BCUT2D eigenvalue weighted by Gasteiger charge is -2.26. The zero-order valence-corrected chi connectivity index (χ0v) is 19.1. The Morgan fingerprint density at radius 3 is 2.69 bits per heavy atom. The first-order chi connectivity index (χ1) is 15.3. The highest BCUT2D eigenvalue weighted by Gasteiger charge is 2.45. The van der Waals surface area contributed by atoms with Crippen LogP contribution in [-0.2, 0) is 16.0 Å². The van der Waals surface area contributed by atoms with Gasteiger partial charge in [-0.15, -0.1) is 0 Å². The smallest absolute Gasteiger partial charge is 0.295 e. The number of aliphatic hydroxyl groups is 1. The molecular weight excluding hydrogens is 404 g/mol. The van der Waals surface area contributed by atoms with Crippen LogP contribution < -0.4 is 4.74 Å². The Kier molecular flexibility index (Phi) is 6.07. The number of fused-ring (bicyclic) bond motifs is 1. The monoisotopic (exact) mass is 434 g/mol. The second-order valence-electron chi connectivity index (χ2n) is 9.02. The number of Topliss-reactive ketones (excluding diaryl/α,β-unsaturated/α-hetero) is 1. The molecule has 32 heavy (non-hydrogen) atoms. The molecule has 0 saturated carbocycles. The number of likely N-dealkylation sites (tertiary alicyclic amines) is 1. The first-order valence-corrected chi connectivity index (χ1v) is 11.1. The van der Waals surface area contributed by atoms with Gasteiger partial charge < -0.3 is 19.6 Å². The Bertz CT molecular complexity index is 1090. The van der Waals surface area contributed by atoms with Gasteiger partial charge in [0, 0.05) is 18.5 Å². The molecule has 0 aromatic heterocycles. The van der Waals surface area contributed by atoms with Crippen LogP contribution in [0.1, 0.15) is 41.6 Å². The zero-order chi connectivity index (χ0) is 23.0. The van der Waals surface area contributed by atoms with Crippen molar-refractivity contribution < 1.29 is 19.4 Å². The average molecular weight is 435 g/mol. The molecule has 1 fully saturated rings. The van der Waals surface area contributed by atoms with Crippen molar-refractivity contribution in [2.24, 2.45) is 0 Å². The third kappa shape index (κ3) is 4.15. The summed E-state index contributed by atoms with van der Waals surface area (Å²) in [5, 5.41) is 11.3. The fourth-order valence-electron chi connectivity index (χ4n) is 4.58. The summed E-state index contributed by atoms with van der Waals surface area (Å²) in [6, 6.07) is 12.6. The molecule has 6 heteroatoms. The molecule has 2 unspecified atom stereocenters. The van der Waals surface area contributed by atoms with Gasteiger partial charge in [-0.25, -0.2) is 0 Å². The quantitative estimate of drug-likeness (QED) is 0.427. The van der Waals surface area contributed by atoms with E-state index < -0.39 is 17.7 Å². The second kappa shape index (κ2) is 8.79. The maximum absolute atomic E-state index is 13.1. The van der Waals surface area contributed by atoms with Crippen molar-refractivity contribution in [2.75, 3.05) is 27.2 Å². The molecule has 6 nitrogen and oxygen atoms in total. The van der Waals surface area contributed by atoms with Crippen molar-refractivity contribution in [3.63, 3.8) is 0 Å². The third-order valence-corrected chi connectivity index (χ3v) is 6.07. The Morgan fingerprint density at radius 1 is 1.19 bits per heavy atom. The molecule has 2 aromatic carbocycles. The van der Waals surface area contributed by atoms with Crippen molar-refractivity contribution in [1.82, 2.24) is 9.80 Å². The van der Waals surface area contributed by atoms with E-state index in [9.17, 15) is 14.7 Å². The van der Waals surface area contributed by atoms with E-state index in [2.05, 4.69) is 0 Å². The van der Waals surface area contributed by atoms with Gasteiger partial charge in [-0.05, 0) is 70.2 Å². The van der Waals surface area contributed by atoms with Gasteiger partial charge in [0.2, 0.25) is 0 Å². The molecule has 0 spiro atoms. The molecule has 2 aromatic rings. The van der Waals surface area contributed by atoms with Crippen LogP contribution in [0.4, 0.5) is 0 Å². The molecule has 2 heterocycles. The van der Waals surface area contributed by atoms with E-state index in [1.807, 2.05) is 69.2 Å². The number of carbonyl (C=O) groups is 2. The molecule has 2 atom stereocenters. The van der Waals surface area contributed by atoms with Crippen LogP contribution in [0.15, 0.2) is 48.0 Å². The number of nitrogens with zero attached hydrogens (tertiary/aromatic N) is 2. The maximum Gasteiger partial charge on any atom is 0.295 e. The van der Waals surface area contributed by atoms with Crippen LogP contribution in [0.3, 0.4) is 0 Å². The van der Waals surface area contributed by atoms with Crippen molar-refractivity contribution in [1.29, 1.82) is 0 Å². The highest BCUT2D eigenvalue weighted by atomic mass is 16.5. The summed E-state index contributed by atoms with van der Waals surface area (Å²) < 4.78 is 5.76. The summed E-state index contributed by atoms with van der Waals surface area (Å²) >= 11 is 0.